The standard InChI is InChI=1S/C21H18N4O2/c1-14-7-8-15(2)25(14)17-11-9-16(10-12-17)20(26)23-24-13-22-19-6-4-3-5-18(19)21(24)27/h3-13H,1-2H3,(H,23,26). The quantitative estimate of drug-likeness (QED) is 0.611. The molecule has 0 saturated carbocycles. The number of hydrogen-bond acceptors (Lipinski definition) is 3. The van der Waals surface area contributed by atoms with E-state index < -0.39 is 0 Å². The third kappa shape index (κ3) is 3.01. The highest BCUT2D eigenvalue weighted by Crippen LogP contribution is 2.17. The Kier molecular flexibility index (Phi) is 4.08. The molecule has 4 aromatic rings. The van der Waals surface area contributed by atoms with Crippen molar-refractivity contribution in [2.24, 2.45) is 0 Å². The van der Waals surface area contributed by atoms with Crippen molar-refractivity contribution in [3.63, 3.8) is 0 Å². The van der Waals surface area contributed by atoms with Gasteiger partial charge in [0.25, 0.3) is 11.5 Å². The fourth-order valence-electron chi connectivity index (χ4n) is 3.16. The van der Waals surface area contributed by atoms with E-state index in [2.05, 4.69) is 27.1 Å². The van der Waals surface area contributed by atoms with Crippen molar-refractivity contribution in [3.8, 4) is 5.69 Å². The maximum absolute atomic E-state index is 12.5. The largest absolute Gasteiger partial charge is 0.319 e. The lowest BCUT2D eigenvalue weighted by atomic mass is 10.2. The zero-order chi connectivity index (χ0) is 19.0. The molecule has 2 aromatic carbocycles. The molecule has 0 aliphatic carbocycles. The van der Waals surface area contributed by atoms with Crippen LogP contribution in [0, 0.1) is 13.8 Å². The minimum Gasteiger partial charge on any atom is -0.319 e. The smallest absolute Gasteiger partial charge is 0.280 e. The van der Waals surface area contributed by atoms with E-state index in [0.717, 1.165) is 21.8 Å². The van der Waals surface area contributed by atoms with E-state index in [-0.39, 0.29) is 11.5 Å². The first kappa shape index (κ1) is 16.8. The molecule has 27 heavy (non-hydrogen) atoms. The third-order valence-corrected chi connectivity index (χ3v) is 4.55. The van der Waals surface area contributed by atoms with Crippen molar-refractivity contribution in [1.29, 1.82) is 0 Å². The summed E-state index contributed by atoms with van der Waals surface area (Å²) in [6, 6.07) is 18.4. The van der Waals surface area contributed by atoms with Gasteiger partial charge in [-0.05, 0) is 62.4 Å². The zero-order valence-corrected chi connectivity index (χ0v) is 15.0. The van der Waals surface area contributed by atoms with E-state index in [4.69, 9.17) is 0 Å². The second kappa shape index (κ2) is 6.57. The second-order valence-corrected chi connectivity index (χ2v) is 6.38. The Hall–Kier alpha value is -3.67. The summed E-state index contributed by atoms with van der Waals surface area (Å²) in [6.07, 6.45) is 1.32. The number of nitrogens with zero attached hydrogens (tertiary/aromatic N) is 3. The summed E-state index contributed by atoms with van der Waals surface area (Å²) >= 11 is 0. The summed E-state index contributed by atoms with van der Waals surface area (Å²) < 4.78 is 3.22. The van der Waals surface area contributed by atoms with Crippen LogP contribution in [0.4, 0.5) is 0 Å². The van der Waals surface area contributed by atoms with Gasteiger partial charge >= 0.3 is 0 Å². The van der Waals surface area contributed by atoms with E-state index >= 15 is 0 Å². The lowest BCUT2D eigenvalue weighted by molar-refractivity contribution is 0.101. The Morgan fingerprint density at radius 3 is 2.30 bits per heavy atom. The molecule has 134 valence electrons. The topological polar surface area (TPSA) is 68.9 Å². The van der Waals surface area contributed by atoms with E-state index in [1.807, 2.05) is 32.0 Å². The van der Waals surface area contributed by atoms with Gasteiger partial charge in [0.15, 0.2) is 0 Å². The Labute approximate surface area is 155 Å². The Bertz CT molecular complexity index is 1180. The fraction of sp³-hybridized carbons (Fsp3) is 0.0952. The van der Waals surface area contributed by atoms with Crippen molar-refractivity contribution in [1.82, 2.24) is 14.2 Å². The molecule has 0 unspecified atom stereocenters. The Morgan fingerprint density at radius 2 is 1.59 bits per heavy atom. The number of fused-ring (bicyclic) bond motifs is 1. The maximum Gasteiger partial charge on any atom is 0.280 e. The van der Waals surface area contributed by atoms with Crippen LogP contribution in [0.15, 0.2) is 71.8 Å². The van der Waals surface area contributed by atoms with Crippen LogP contribution in [0.5, 0.6) is 0 Å². The molecule has 0 bridgehead atoms. The number of rotatable bonds is 3. The highest BCUT2D eigenvalue weighted by atomic mass is 16.2. The molecule has 0 spiro atoms. The molecular weight excluding hydrogens is 340 g/mol. The molecule has 0 saturated heterocycles. The van der Waals surface area contributed by atoms with Gasteiger partial charge in [0.1, 0.15) is 6.33 Å². The predicted octanol–water partition coefficient (Wildman–Crippen LogP) is 3.19. The van der Waals surface area contributed by atoms with E-state index in [1.54, 1.807) is 30.3 Å². The Morgan fingerprint density at radius 1 is 0.926 bits per heavy atom. The fourth-order valence-corrected chi connectivity index (χ4v) is 3.16. The molecular formula is C21H18N4O2. The summed E-state index contributed by atoms with van der Waals surface area (Å²) in [5.41, 5.74) is 6.56. The van der Waals surface area contributed by atoms with Gasteiger partial charge in [0.2, 0.25) is 0 Å². The van der Waals surface area contributed by atoms with E-state index in [9.17, 15) is 9.59 Å². The molecule has 1 N–H and O–H groups in total. The molecule has 0 fully saturated rings. The number of aromatic nitrogens is 3. The van der Waals surface area contributed by atoms with Crippen molar-refractivity contribution in [2.45, 2.75) is 13.8 Å². The molecule has 2 heterocycles. The first-order valence-corrected chi connectivity index (χ1v) is 8.58. The van der Waals surface area contributed by atoms with Crippen molar-refractivity contribution < 1.29 is 4.79 Å². The molecule has 2 aromatic heterocycles. The average molecular weight is 358 g/mol. The zero-order valence-electron chi connectivity index (χ0n) is 15.0. The molecule has 0 aliphatic heterocycles. The number of carbonyl (C=O) groups is 1. The molecule has 6 nitrogen and oxygen atoms in total. The summed E-state index contributed by atoms with van der Waals surface area (Å²) in [5.74, 6) is -0.373. The van der Waals surface area contributed by atoms with Crippen LogP contribution < -0.4 is 11.0 Å². The summed E-state index contributed by atoms with van der Waals surface area (Å²) in [4.78, 5) is 29.2. The van der Waals surface area contributed by atoms with Crippen molar-refractivity contribution in [2.75, 3.05) is 5.43 Å². The first-order chi connectivity index (χ1) is 13.0. The minimum absolute atomic E-state index is 0.316. The van der Waals surface area contributed by atoms with Gasteiger partial charge in [0, 0.05) is 22.6 Å². The highest BCUT2D eigenvalue weighted by molar-refractivity contribution is 6.00. The van der Waals surface area contributed by atoms with Gasteiger partial charge in [-0.2, -0.15) is 0 Å². The number of amides is 1. The maximum atomic E-state index is 12.5. The van der Waals surface area contributed by atoms with Crippen molar-refractivity contribution >= 4 is 16.8 Å². The molecule has 0 radical (unpaired) electrons. The molecule has 0 atom stereocenters. The molecule has 1 amide bonds. The molecule has 6 heteroatoms. The lowest BCUT2D eigenvalue weighted by Crippen LogP contribution is -2.33. The van der Waals surface area contributed by atoms with Gasteiger partial charge in [0.05, 0.1) is 10.9 Å². The highest BCUT2D eigenvalue weighted by Gasteiger charge is 2.10. The van der Waals surface area contributed by atoms with Crippen LogP contribution in [-0.2, 0) is 0 Å². The molecule has 4 rings (SSSR count). The SMILES string of the molecule is Cc1ccc(C)n1-c1ccc(C(=O)Nn2cnc3ccccc3c2=O)cc1. The normalized spacial score (nSPS) is 10.9. The number of carbonyl (C=O) groups excluding carboxylic acids is 1. The van der Waals surface area contributed by atoms with E-state index in [1.165, 1.54) is 6.33 Å². The summed E-state index contributed by atoms with van der Waals surface area (Å²) in [6.45, 7) is 4.07. The predicted molar refractivity (Wildman–Crippen MR) is 105 cm³/mol. The van der Waals surface area contributed by atoms with Crippen LogP contribution in [0.2, 0.25) is 0 Å². The number of nitrogens with one attached hydrogen (secondary N) is 1. The van der Waals surface area contributed by atoms with Crippen LogP contribution in [-0.4, -0.2) is 20.1 Å². The number of aryl methyl sites for hydroxylation is 2. The van der Waals surface area contributed by atoms with Crippen LogP contribution in [0.1, 0.15) is 21.7 Å². The van der Waals surface area contributed by atoms with Gasteiger partial charge < -0.3 is 4.57 Å². The van der Waals surface area contributed by atoms with Gasteiger partial charge in [-0.25, -0.2) is 9.66 Å². The number of hydrogen-bond donors (Lipinski definition) is 1. The average Bonchev–Trinajstić information content (AvgIpc) is 3.02. The monoisotopic (exact) mass is 358 g/mol. The third-order valence-electron chi connectivity index (χ3n) is 4.55. The van der Waals surface area contributed by atoms with Crippen molar-refractivity contribution in [3.05, 3.63) is 94.3 Å². The van der Waals surface area contributed by atoms with Crippen LogP contribution >= 0.6 is 0 Å². The number of benzene rings is 2. The first-order valence-electron chi connectivity index (χ1n) is 8.58. The second-order valence-electron chi connectivity index (χ2n) is 6.38. The summed E-state index contributed by atoms with van der Waals surface area (Å²) in [7, 11) is 0. The summed E-state index contributed by atoms with van der Waals surface area (Å²) in [5, 5.41) is 0.453. The number of para-hydroxylation sites is 1. The van der Waals surface area contributed by atoms with Crippen LogP contribution in [0.25, 0.3) is 16.6 Å². The van der Waals surface area contributed by atoms with E-state index in [0.29, 0.717) is 16.5 Å². The van der Waals surface area contributed by atoms with Crippen LogP contribution in [0.3, 0.4) is 0 Å². The molecule has 0 aliphatic rings. The van der Waals surface area contributed by atoms with Gasteiger partial charge in [-0.1, -0.05) is 12.1 Å². The Balaban J connectivity index is 1.61. The van der Waals surface area contributed by atoms with Gasteiger partial charge in [-0.3, -0.25) is 15.0 Å². The van der Waals surface area contributed by atoms with Gasteiger partial charge in [-0.15, -0.1) is 0 Å². The minimum atomic E-state index is -0.373. The lowest BCUT2D eigenvalue weighted by Gasteiger charge is -2.11.